The van der Waals surface area contributed by atoms with Crippen LogP contribution in [0.25, 0.3) is 0 Å². The highest BCUT2D eigenvalue weighted by Crippen LogP contribution is 2.31. The lowest BCUT2D eigenvalue weighted by Gasteiger charge is -2.31. The summed E-state index contributed by atoms with van der Waals surface area (Å²) in [4.78, 5) is 21.5. The minimum atomic E-state index is -0.156. The van der Waals surface area contributed by atoms with Crippen molar-refractivity contribution < 1.29 is 14.3 Å². The number of methoxy groups -OCH3 is 1. The topological polar surface area (TPSA) is 54.9 Å². The average Bonchev–Trinajstić information content (AvgIpc) is 2.93. The normalized spacial score (nSPS) is 17.4. The van der Waals surface area contributed by atoms with E-state index in [1.54, 1.807) is 30.2 Å². The molecule has 32 heavy (non-hydrogen) atoms. The molecule has 2 aliphatic heterocycles. The van der Waals surface area contributed by atoms with Crippen LogP contribution in [-0.4, -0.2) is 54.0 Å². The molecule has 1 aromatic heterocycles. The fourth-order valence-electron chi connectivity index (χ4n) is 4.24. The van der Waals surface area contributed by atoms with E-state index in [0.29, 0.717) is 39.8 Å². The first-order valence-electron chi connectivity index (χ1n) is 10.9. The van der Waals surface area contributed by atoms with Gasteiger partial charge in [0.15, 0.2) is 0 Å². The first-order valence-corrected chi connectivity index (χ1v) is 11.7. The molecule has 0 N–H and O–H groups in total. The zero-order chi connectivity index (χ0) is 22.5. The Hall–Kier alpha value is -2.28. The number of carbonyl (C=O) groups is 1. The van der Waals surface area contributed by atoms with Crippen molar-refractivity contribution in [2.75, 3.05) is 33.3 Å². The van der Waals surface area contributed by atoms with Gasteiger partial charge in [0.05, 0.1) is 12.7 Å². The lowest BCUT2D eigenvalue weighted by atomic mass is 9.93. The molecule has 0 spiro atoms. The summed E-state index contributed by atoms with van der Waals surface area (Å²) in [5.41, 5.74) is 1.58. The van der Waals surface area contributed by atoms with Crippen LogP contribution in [-0.2, 0) is 0 Å². The minimum Gasteiger partial charge on any atom is -0.497 e. The summed E-state index contributed by atoms with van der Waals surface area (Å²) in [6.45, 7) is 3.64. The summed E-state index contributed by atoms with van der Waals surface area (Å²) in [5.74, 6) is 1.40. The van der Waals surface area contributed by atoms with Gasteiger partial charge in [-0.2, -0.15) is 0 Å². The van der Waals surface area contributed by atoms with Crippen molar-refractivity contribution in [2.45, 2.75) is 31.6 Å². The maximum absolute atomic E-state index is 13.0. The van der Waals surface area contributed by atoms with Gasteiger partial charge in [-0.15, -0.1) is 0 Å². The van der Waals surface area contributed by atoms with E-state index in [1.807, 2.05) is 12.1 Å². The van der Waals surface area contributed by atoms with E-state index >= 15 is 0 Å². The molecule has 0 bridgehead atoms. The van der Waals surface area contributed by atoms with Crippen LogP contribution in [0.15, 0.2) is 47.8 Å². The van der Waals surface area contributed by atoms with E-state index in [9.17, 15) is 4.79 Å². The average molecular weight is 476 g/mol. The van der Waals surface area contributed by atoms with Gasteiger partial charge in [0.1, 0.15) is 28.1 Å². The molecule has 2 aliphatic rings. The Labute approximate surface area is 198 Å². The second-order valence-electron chi connectivity index (χ2n) is 8.09. The van der Waals surface area contributed by atoms with E-state index in [4.69, 9.17) is 32.7 Å². The largest absolute Gasteiger partial charge is 0.497 e. The number of likely N-dealkylation sites (tertiary alicyclic amines) is 1. The Morgan fingerprint density at radius 1 is 1.12 bits per heavy atom. The smallest absolute Gasteiger partial charge is 0.262 e. The highest BCUT2D eigenvalue weighted by atomic mass is 35.5. The third kappa shape index (κ3) is 5.37. The Bertz CT molecular complexity index is 990. The number of nitrogens with zero attached hydrogens (tertiary/aromatic N) is 3. The lowest BCUT2D eigenvalue weighted by Crippen LogP contribution is -2.34. The molecule has 2 aromatic rings. The third-order valence-electron chi connectivity index (χ3n) is 6.05. The SMILES string of the molecule is COc1ccc2c(c1)OC=C(Cl)N(CCCCN1CCC(c3cccc(Cl)n3)CC1)C2=O. The van der Waals surface area contributed by atoms with Crippen LogP contribution in [0, 0.1) is 0 Å². The highest BCUT2D eigenvalue weighted by molar-refractivity contribution is 6.30. The molecule has 170 valence electrons. The van der Waals surface area contributed by atoms with Crippen molar-refractivity contribution in [3.8, 4) is 11.5 Å². The second kappa shape index (κ2) is 10.6. The molecule has 0 radical (unpaired) electrons. The van der Waals surface area contributed by atoms with Gasteiger partial charge >= 0.3 is 0 Å². The predicted octanol–water partition coefficient (Wildman–Crippen LogP) is 5.28. The molecular formula is C24H27Cl2N3O3. The van der Waals surface area contributed by atoms with Crippen LogP contribution in [0.4, 0.5) is 0 Å². The molecule has 8 heteroatoms. The van der Waals surface area contributed by atoms with Crippen LogP contribution >= 0.6 is 23.2 Å². The van der Waals surface area contributed by atoms with Crippen molar-refractivity contribution in [2.24, 2.45) is 0 Å². The molecule has 1 saturated heterocycles. The number of aromatic nitrogens is 1. The van der Waals surface area contributed by atoms with E-state index in [1.165, 1.54) is 6.26 Å². The molecule has 0 unspecified atom stereocenters. The molecule has 0 aliphatic carbocycles. The van der Waals surface area contributed by atoms with Crippen LogP contribution in [0.1, 0.15) is 47.7 Å². The molecule has 4 rings (SSSR count). The number of pyridine rings is 1. The van der Waals surface area contributed by atoms with Crippen molar-refractivity contribution in [1.82, 2.24) is 14.8 Å². The van der Waals surface area contributed by atoms with Gasteiger partial charge in [-0.3, -0.25) is 9.69 Å². The Morgan fingerprint density at radius 2 is 1.91 bits per heavy atom. The number of halogens is 2. The maximum Gasteiger partial charge on any atom is 0.262 e. The lowest BCUT2D eigenvalue weighted by molar-refractivity contribution is 0.0814. The molecule has 1 amide bonds. The maximum atomic E-state index is 13.0. The van der Waals surface area contributed by atoms with Crippen molar-refractivity contribution in [3.63, 3.8) is 0 Å². The van der Waals surface area contributed by atoms with Gasteiger partial charge in [0, 0.05) is 24.2 Å². The van der Waals surface area contributed by atoms with Gasteiger partial charge < -0.3 is 14.4 Å². The molecule has 0 saturated carbocycles. The van der Waals surface area contributed by atoms with Crippen molar-refractivity contribution in [1.29, 1.82) is 0 Å². The summed E-state index contributed by atoms with van der Waals surface area (Å²) < 4.78 is 10.8. The van der Waals surface area contributed by atoms with Crippen LogP contribution in [0.5, 0.6) is 11.5 Å². The predicted molar refractivity (Wildman–Crippen MR) is 125 cm³/mol. The Morgan fingerprint density at radius 3 is 2.66 bits per heavy atom. The monoisotopic (exact) mass is 475 g/mol. The number of benzene rings is 1. The number of fused-ring (bicyclic) bond motifs is 1. The van der Waals surface area contributed by atoms with Crippen molar-refractivity contribution in [3.05, 3.63) is 64.2 Å². The molecule has 1 aromatic carbocycles. The Balaban J connectivity index is 1.25. The van der Waals surface area contributed by atoms with E-state index in [-0.39, 0.29) is 5.91 Å². The number of hydrogen-bond donors (Lipinski definition) is 0. The van der Waals surface area contributed by atoms with Crippen LogP contribution in [0.2, 0.25) is 5.15 Å². The summed E-state index contributed by atoms with van der Waals surface area (Å²) in [6, 6.07) is 11.0. The first-order chi connectivity index (χ1) is 15.5. The number of carbonyl (C=O) groups excluding carboxylic acids is 1. The van der Waals surface area contributed by atoms with Crippen molar-refractivity contribution >= 4 is 29.1 Å². The van der Waals surface area contributed by atoms with Crippen LogP contribution in [0.3, 0.4) is 0 Å². The summed E-state index contributed by atoms with van der Waals surface area (Å²) in [7, 11) is 1.58. The van der Waals surface area contributed by atoms with Gasteiger partial charge in [0.25, 0.3) is 5.91 Å². The molecular weight excluding hydrogens is 449 g/mol. The fraction of sp³-hybridized carbons (Fsp3) is 0.417. The zero-order valence-corrected chi connectivity index (χ0v) is 19.6. The van der Waals surface area contributed by atoms with Crippen LogP contribution < -0.4 is 9.47 Å². The summed E-state index contributed by atoms with van der Waals surface area (Å²) in [5, 5.41) is 0.855. The van der Waals surface area contributed by atoms with Gasteiger partial charge in [-0.25, -0.2) is 4.98 Å². The van der Waals surface area contributed by atoms with E-state index < -0.39 is 0 Å². The number of unbranched alkanes of at least 4 members (excludes halogenated alkanes) is 1. The third-order valence-corrected chi connectivity index (χ3v) is 6.56. The fourth-order valence-corrected chi connectivity index (χ4v) is 4.62. The van der Waals surface area contributed by atoms with Gasteiger partial charge in [-0.05, 0) is 69.6 Å². The van der Waals surface area contributed by atoms with Gasteiger partial charge in [0.2, 0.25) is 0 Å². The minimum absolute atomic E-state index is 0.156. The zero-order valence-electron chi connectivity index (χ0n) is 18.1. The van der Waals surface area contributed by atoms with Gasteiger partial charge in [-0.1, -0.05) is 29.3 Å². The molecule has 6 nitrogen and oxygen atoms in total. The summed E-state index contributed by atoms with van der Waals surface area (Å²) in [6.07, 6.45) is 5.44. The quantitative estimate of drug-likeness (QED) is 0.309. The number of amides is 1. The number of piperidine rings is 1. The molecule has 3 heterocycles. The second-order valence-corrected chi connectivity index (χ2v) is 8.86. The molecule has 1 fully saturated rings. The van der Waals surface area contributed by atoms with E-state index in [2.05, 4.69) is 16.0 Å². The number of rotatable bonds is 7. The molecule has 0 atom stereocenters. The summed E-state index contributed by atoms with van der Waals surface area (Å²) >= 11 is 12.4. The highest BCUT2D eigenvalue weighted by Gasteiger charge is 2.26. The first kappa shape index (κ1) is 22.9. The Kier molecular flexibility index (Phi) is 7.55. The van der Waals surface area contributed by atoms with E-state index in [0.717, 1.165) is 51.0 Å². The number of hydrogen-bond acceptors (Lipinski definition) is 5. The number of ether oxygens (including phenoxy) is 2. The standard InChI is InChI=1S/C24H27Cl2N3O3/c1-31-18-7-8-19-21(15-18)32-16-23(26)29(24(19)30)12-3-2-11-28-13-9-17(10-14-28)20-5-4-6-22(25)27-20/h4-8,15-17H,2-3,9-14H2,1H3.